The SMILES string of the molecule is CCCNC(C)c1cnc(C(C)(CC)OC)s1. The molecule has 0 fully saturated rings. The summed E-state index contributed by atoms with van der Waals surface area (Å²) in [6.07, 6.45) is 4.06. The Morgan fingerprint density at radius 1 is 1.53 bits per heavy atom. The number of aromatic nitrogens is 1. The van der Waals surface area contributed by atoms with E-state index in [2.05, 4.69) is 38.0 Å². The average Bonchev–Trinajstić information content (AvgIpc) is 2.85. The van der Waals surface area contributed by atoms with Gasteiger partial charge < -0.3 is 10.1 Å². The zero-order valence-corrected chi connectivity index (χ0v) is 12.4. The minimum Gasteiger partial charge on any atom is -0.371 e. The molecule has 0 aliphatic rings. The van der Waals surface area contributed by atoms with Gasteiger partial charge in [-0.15, -0.1) is 11.3 Å². The standard InChI is InChI=1S/C13H24N2OS/c1-6-8-14-10(3)11-9-15-12(17-11)13(4,7-2)16-5/h9-10,14H,6-8H2,1-5H3. The molecule has 0 aliphatic carbocycles. The van der Waals surface area contributed by atoms with Gasteiger partial charge in [-0.05, 0) is 33.2 Å². The van der Waals surface area contributed by atoms with E-state index in [1.807, 2.05) is 6.20 Å². The minimum absolute atomic E-state index is 0.243. The van der Waals surface area contributed by atoms with Crippen LogP contribution in [0, 0.1) is 0 Å². The Labute approximate surface area is 109 Å². The summed E-state index contributed by atoms with van der Waals surface area (Å²) in [6.45, 7) is 9.63. The van der Waals surface area contributed by atoms with Crippen LogP contribution < -0.4 is 5.32 Å². The molecule has 0 aromatic carbocycles. The van der Waals surface area contributed by atoms with E-state index < -0.39 is 0 Å². The van der Waals surface area contributed by atoms with Crippen molar-refractivity contribution in [3.05, 3.63) is 16.1 Å². The third-order valence-electron chi connectivity index (χ3n) is 3.23. The largest absolute Gasteiger partial charge is 0.371 e. The molecule has 2 atom stereocenters. The molecule has 1 aromatic rings. The second-order valence-electron chi connectivity index (χ2n) is 4.53. The maximum atomic E-state index is 5.57. The fourth-order valence-corrected chi connectivity index (χ4v) is 2.71. The Balaban J connectivity index is 2.77. The Morgan fingerprint density at radius 3 is 2.76 bits per heavy atom. The van der Waals surface area contributed by atoms with Gasteiger partial charge in [-0.25, -0.2) is 4.98 Å². The highest BCUT2D eigenvalue weighted by atomic mass is 32.1. The number of nitrogens with zero attached hydrogens (tertiary/aromatic N) is 1. The summed E-state index contributed by atoms with van der Waals surface area (Å²) in [5.41, 5.74) is -0.243. The Kier molecular flexibility index (Phi) is 5.56. The number of methoxy groups -OCH3 is 1. The minimum atomic E-state index is -0.243. The van der Waals surface area contributed by atoms with E-state index in [0.29, 0.717) is 6.04 Å². The molecule has 1 heterocycles. The third kappa shape index (κ3) is 3.50. The average molecular weight is 256 g/mol. The molecule has 1 aromatic heterocycles. The van der Waals surface area contributed by atoms with Gasteiger partial charge in [0.05, 0.1) is 0 Å². The molecule has 1 rings (SSSR count). The molecule has 0 saturated carbocycles. The summed E-state index contributed by atoms with van der Waals surface area (Å²) < 4.78 is 5.57. The summed E-state index contributed by atoms with van der Waals surface area (Å²) in [4.78, 5) is 5.80. The van der Waals surface area contributed by atoms with Crippen LogP contribution in [0.1, 0.15) is 56.5 Å². The number of thiazole rings is 1. The number of hydrogen-bond donors (Lipinski definition) is 1. The van der Waals surface area contributed by atoms with Crippen LogP contribution in [0.4, 0.5) is 0 Å². The van der Waals surface area contributed by atoms with Crippen LogP contribution in [0.3, 0.4) is 0 Å². The van der Waals surface area contributed by atoms with Crippen LogP contribution in [-0.4, -0.2) is 18.6 Å². The molecular formula is C13H24N2OS. The molecule has 0 amide bonds. The summed E-state index contributed by atoms with van der Waals surface area (Å²) in [5, 5.41) is 4.55. The van der Waals surface area contributed by atoms with E-state index in [9.17, 15) is 0 Å². The molecule has 2 unspecified atom stereocenters. The van der Waals surface area contributed by atoms with Crippen molar-refractivity contribution in [2.45, 2.75) is 52.2 Å². The van der Waals surface area contributed by atoms with Gasteiger partial charge in [-0.1, -0.05) is 13.8 Å². The molecule has 98 valence electrons. The molecule has 3 nitrogen and oxygen atoms in total. The zero-order valence-electron chi connectivity index (χ0n) is 11.5. The summed E-state index contributed by atoms with van der Waals surface area (Å²) in [6, 6.07) is 0.374. The molecule has 0 aliphatic heterocycles. The first-order valence-corrected chi connectivity index (χ1v) is 7.13. The van der Waals surface area contributed by atoms with Crippen LogP contribution >= 0.6 is 11.3 Å². The highest BCUT2D eigenvalue weighted by Crippen LogP contribution is 2.33. The van der Waals surface area contributed by atoms with Crippen LogP contribution in [0.25, 0.3) is 0 Å². The monoisotopic (exact) mass is 256 g/mol. The number of rotatable bonds is 7. The van der Waals surface area contributed by atoms with Gasteiger partial charge in [0.2, 0.25) is 0 Å². The fraction of sp³-hybridized carbons (Fsp3) is 0.769. The van der Waals surface area contributed by atoms with Gasteiger partial charge in [0.1, 0.15) is 10.6 Å². The van der Waals surface area contributed by atoms with Gasteiger partial charge >= 0.3 is 0 Å². The van der Waals surface area contributed by atoms with Gasteiger partial charge in [-0.2, -0.15) is 0 Å². The number of hydrogen-bond acceptors (Lipinski definition) is 4. The third-order valence-corrected chi connectivity index (χ3v) is 4.65. The predicted molar refractivity (Wildman–Crippen MR) is 73.5 cm³/mol. The first kappa shape index (κ1) is 14.6. The van der Waals surface area contributed by atoms with Crippen molar-refractivity contribution < 1.29 is 4.74 Å². The van der Waals surface area contributed by atoms with E-state index in [4.69, 9.17) is 4.74 Å². The van der Waals surface area contributed by atoms with Gasteiger partial charge in [0, 0.05) is 24.2 Å². The van der Waals surface area contributed by atoms with Crippen LogP contribution in [-0.2, 0) is 10.3 Å². The van der Waals surface area contributed by atoms with E-state index in [0.717, 1.165) is 24.4 Å². The van der Waals surface area contributed by atoms with E-state index >= 15 is 0 Å². The Hall–Kier alpha value is -0.450. The molecule has 0 radical (unpaired) electrons. The molecule has 0 spiro atoms. The molecule has 0 bridgehead atoms. The Morgan fingerprint density at radius 2 is 2.24 bits per heavy atom. The topological polar surface area (TPSA) is 34.2 Å². The second-order valence-corrected chi connectivity index (χ2v) is 5.59. The smallest absolute Gasteiger partial charge is 0.125 e. The van der Waals surface area contributed by atoms with Crippen molar-refractivity contribution in [3.63, 3.8) is 0 Å². The van der Waals surface area contributed by atoms with Crippen molar-refractivity contribution in [1.29, 1.82) is 0 Å². The molecule has 1 N–H and O–H groups in total. The maximum absolute atomic E-state index is 5.57. The normalized spacial score (nSPS) is 16.8. The van der Waals surface area contributed by atoms with Gasteiger partial charge in [0.25, 0.3) is 0 Å². The summed E-state index contributed by atoms with van der Waals surface area (Å²) in [5.74, 6) is 0. The van der Waals surface area contributed by atoms with E-state index in [-0.39, 0.29) is 5.60 Å². The van der Waals surface area contributed by atoms with Gasteiger partial charge in [-0.3, -0.25) is 0 Å². The Bertz CT molecular complexity index is 334. The van der Waals surface area contributed by atoms with Crippen LogP contribution in [0.15, 0.2) is 6.20 Å². The van der Waals surface area contributed by atoms with Crippen LogP contribution in [0.5, 0.6) is 0 Å². The molecular weight excluding hydrogens is 232 g/mol. The lowest BCUT2D eigenvalue weighted by molar-refractivity contribution is -0.00156. The second kappa shape index (κ2) is 6.47. The lowest BCUT2D eigenvalue weighted by atomic mass is 10.1. The lowest BCUT2D eigenvalue weighted by Crippen LogP contribution is -2.22. The summed E-state index contributed by atoms with van der Waals surface area (Å²) >= 11 is 1.75. The molecule has 17 heavy (non-hydrogen) atoms. The lowest BCUT2D eigenvalue weighted by Gasteiger charge is -2.23. The molecule has 0 saturated heterocycles. The fourth-order valence-electron chi connectivity index (χ4n) is 1.58. The zero-order chi connectivity index (χ0) is 12.9. The highest BCUT2D eigenvalue weighted by molar-refractivity contribution is 7.11. The van der Waals surface area contributed by atoms with E-state index in [1.54, 1.807) is 18.4 Å². The first-order valence-electron chi connectivity index (χ1n) is 6.32. The van der Waals surface area contributed by atoms with Crippen molar-refractivity contribution >= 4 is 11.3 Å². The first-order chi connectivity index (χ1) is 8.07. The van der Waals surface area contributed by atoms with E-state index in [1.165, 1.54) is 4.88 Å². The highest BCUT2D eigenvalue weighted by Gasteiger charge is 2.28. The van der Waals surface area contributed by atoms with Crippen molar-refractivity contribution in [1.82, 2.24) is 10.3 Å². The predicted octanol–water partition coefficient (Wildman–Crippen LogP) is 3.48. The van der Waals surface area contributed by atoms with Crippen molar-refractivity contribution in [2.75, 3.05) is 13.7 Å². The van der Waals surface area contributed by atoms with Crippen LogP contribution in [0.2, 0.25) is 0 Å². The number of nitrogens with one attached hydrogen (secondary N) is 1. The maximum Gasteiger partial charge on any atom is 0.125 e. The van der Waals surface area contributed by atoms with Crippen molar-refractivity contribution in [2.24, 2.45) is 0 Å². The number of ether oxygens (including phenoxy) is 1. The quantitative estimate of drug-likeness (QED) is 0.811. The molecule has 4 heteroatoms. The van der Waals surface area contributed by atoms with Crippen molar-refractivity contribution in [3.8, 4) is 0 Å². The summed E-state index contributed by atoms with van der Waals surface area (Å²) in [7, 11) is 1.75. The van der Waals surface area contributed by atoms with Gasteiger partial charge in [0.15, 0.2) is 0 Å².